The van der Waals surface area contributed by atoms with Gasteiger partial charge in [-0.1, -0.05) is 91.0 Å². The van der Waals surface area contributed by atoms with Crippen LogP contribution in [-0.4, -0.2) is 4.57 Å². The summed E-state index contributed by atoms with van der Waals surface area (Å²) in [6.45, 7) is 7.47. The Bertz CT molecular complexity index is 2210. The monoisotopic (exact) mass is 509 g/mol. The van der Waals surface area contributed by atoms with Gasteiger partial charge in [-0.15, -0.1) is 0 Å². The summed E-state index contributed by atoms with van der Waals surface area (Å²) in [6, 6.07) is 49.1. The molecule has 0 atom stereocenters. The maximum atomic E-state index is 7.47. The van der Waals surface area contributed by atoms with Crippen LogP contribution in [-0.2, 0) is 0 Å². The highest BCUT2D eigenvalue weighted by Crippen LogP contribution is 2.47. The normalized spacial score (nSPS) is 11.5. The zero-order valence-electron chi connectivity index (χ0n) is 21.6. The predicted octanol–water partition coefficient (Wildman–Crippen LogP) is 10.5. The molecule has 7 aromatic carbocycles. The molecule has 0 saturated heterocycles. The van der Waals surface area contributed by atoms with Crippen LogP contribution < -0.4 is 4.90 Å². The molecular weight excluding hydrogens is 486 g/mol. The van der Waals surface area contributed by atoms with Crippen molar-refractivity contribution in [3.63, 3.8) is 0 Å². The molecule has 8 aromatic rings. The number of aromatic nitrogens is 1. The molecule has 0 amide bonds. The maximum absolute atomic E-state index is 7.47. The highest BCUT2D eigenvalue weighted by Gasteiger charge is 2.22. The van der Waals surface area contributed by atoms with Crippen molar-refractivity contribution < 1.29 is 0 Å². The van der Waals surface area contributed by atoms with E-state index in [9.17, 15) is 0 Å². The van der Waals surface area contributed by atoms with Crippen molar-refractivity contribution in [2.75, 3.05) is 4.90 Å². The molecule has 0 aliphatic rings. The fourth-order valence-electron chi connectivity index (χ4n) is 6.21. The number of nitrogens with zero attached hydrogens (tertiary/aromatic N) is 3. The minimum Gasteiger partial charge on any atom is -0.309 e. The Morgan fingerprint density at radius 2 is 1.20 bits per heavy atom. The van der Waals surface area contributed by atoms with E-state index in [1.54, 1.807) is 0 Å². The van der Waals surface area contributed by atoms with E-state index in [0.29, 0.717) is 5.69 Å². The van der Waals surface area contributed by atoms with Gasteiger partial charge in [-0.05, 0) is 59.3 Å². The summed E-state index contributed by atoms with van der Waals surface area (Å²) in [6.07, 6.45) is 0. The molecule has 0 saturated carbocycles. The van der Waals surface area contributed by atoms with Crippen molar-refractivity contribution in [3.05, 3.63) is 151 Å². The summed E-state index contributed by atoms with van der Waals surface area (Å²) < 4.78 is 2.38. The van der Waals surface area contributed by atoms with Gasteiger partial charge in [-0.25, -0.2) is 4.85 Å². The van der Waals surface area contributed by atoms with Gasteiger partial charge < -0.3 is 9.47 Å². The Labute approximate surface area is 231 Å². The summed E-state index contributed by atoms with van der Waals surface area (Å²) >= 11 is 0. The Morgan fingerprint density at radius 1 is 0.500 bits per heavy atom. The van der Waals surface area contributed by atoms with Crippen molar-refractivity contribution in [2.45, 2.75) is 0 Å². The van der Waals surface area contributed by atoms with Gasteiger partial charge in [0.2, 0.25) is 0 Å². The molecule has 1 aromatic heterocycles. The van der Waals surface area contributed by atoms with Gasteiger partial charge in [0.05, 0.1) is 29.0 Å². The fourth-order valence-corrected chi connectivity index (χ4v) is 6.21. The van der Waals surface area contributed by atoms with Gasteiger partial charge >= 0.3 is 0 Å². The van der Waals surface area contributed by atoms with E-state index in [-0.39, 0.29) is 0 Å². The summed E-state index contributed by atoms with van der Waals surface area (Å²) in [7, 11) is 0. The lowest BCUT2D eigenvalue weighted by Gasteiger charge is -2.28. The van der Waals surface area contributed by atoms with Crippen LogP contribution in [0.4, 0.5) is 22.7 Å². The highest BCUT2D eigenvalue weighted by atomic mass is 15.1. The number of hydrogen-bond acceptors (Lipinski definition) is 1. The topological polar surface area (TPSA) is 12.5 Å². The molecule has 3 heteroatoms. The van der Waals surface area contributed by atoms with Crippen LogP contribution in [0.2, 0.25) is 0 Å². The standard InChI is InChI=1S/C37H23N3/c1-38-27-18-20-29(21-19-27)39(32-15-7-10-25-9-5-6-14-30(25)32)33-23-24-35-37-31(33)22-17-26-11-8-16-34(36(26)37)40(35)28-12-3-2-4-13-28/h2-24H. The number of anilines is 3. The minimum atomic E-state index is 0.633. The average Bonchev–Trinajstić information content (AvgIpc) is 3.37. The molecule has 0 N–H and O–H groups in total. The van der Waals surface area contributed by atoms with Crippen LogP contribution in [0.1, 0.15) is 0 Å². The zero-order valence-corrected chi connectivity index (χ0v) is 21.6. The van der Waals surface area contributed by atoms with Gasteiger partial charge in [-0.2, -0.15) is 0 Å². The summed E-state index contributed by atoms with van der Waals surface area (Å²) in [5.41, 5.74) is 7.42. The third-order valence-corrected chi connectivity index (χ3v) is 7.94. The van der Waals surface area contributed by atoms with E-state index in [2.05, 4.69) is 142 Å². The fraction of sp³-hybridized carbons (Fsp3) is 0. The Kier molecular flexibility index (Phi) is 4.89. The van der Waals surface area contributed by atoms with Gasteiger partial charge in [-0.3, -0.25) is 0 Å². The van der Waals surface area contributed by atoms with E-state index in [1.165, 1.54) is 43.4 Å². The molecule has 0 aliphatic heterocycles. The van der Waals surface area contributed by atoms with Gasteiger partial charge in [0, 0.05) is 32.9 Å². The quantitative estimate of drug-likeness (QED) is 0.170. The van der Waals surface area contributed by atoms with Crippen LogP contribution in [0.5, 0.6) is 0 Å². The number of fused-ring (bicyclic) bond motifs is 1. The first-order valence-corrected chi connectivity index (χ1v) is 13.4. The van der Waals surface area contributed by atoms with Crippen molar-refractivity contribution in [2.24, 2.45) is 0 Å². The van der Waals surface area contributed by atoms with E-state index in [0.717, 1.165) is 22.7 Å². The lowest BCUT2D eigenvalue weighted by Crippen LogP contribution is -2.11. The molecule has 186 valence electrons. The molecule has 0 fully saturated rings. The second-order valence-electron chi connectivity index (χ2n) is 10.1. The van der Waals surface area contributed by atoms with E-state index >= 15 is 0 Å². The van der Waals surface area contributed by atoms with Crippen molar-refractivity contribution in [1.82, 2.24) is 4.57 Å². The average molecular weight is 510 g/mol. The molecular formula is C37H23N3. The number of rotatable bonds is 4. The third-order valence-electron chi connectivity index (χ3n) is 7.94. The zero-order chi connectivity index (χ0) is 26.6. The van der Waals surface area contributed by atoms with Gasteiger partial charge in [0.25, 0.3) is 0 Å². The molecule has 8 rings (SSSR count). The second kappa shape index (κ2) is 8.73. The van der Waals surface area contributed by atoms with Crippen molar-refractivity contribution in [1.29, 1.82) is 0 Å². The first kappa shape index (κ1) is 22.4. The summed E-state index contributed by atoms with van der Waals surface area (Å²) in [5.74, 6) is 0. The van der Waals surface area contributed by atoms with E-state index < -0.39 is 0 Å². The summed E-state index contributed by atoms with van der Waals surface area (Å²) in [5, 5.41) is 7.34. The molecule has 3 nitrogen and oxygen atoms in total. The Hall–Kier alpha value is -5.59. The molecule has 0 aliphatic carbocycles. The molecule has 0 bridgehead atoms. The Balaban J connectivity index is 1.48. The first-order chi connectivity index (χ1) is 19.8. The first-order valence-electron chi connectivity index (χ1n) is 13.4. The minimum absolute atomic E-state index is 0.633. The largest absolute Gasteiger partial charge is 0.309 e. The molecule has 0 spiro atoms. The highest BCUT2D eigenvalue weighted by molar-refractivity contribution is 6.27. The third kappa shape index (κ3) is 3.24. The van der Waals surface area contributed by atoms with Gasteiger partial charge in [0.15, 0.2) is 5.69 Å². The maximum Gasteiger partial charge on any atom is 0.187 e. The predicted molar refractivity (Wildman–Crippen MR) is 168 cm³/mol. The Morgan fingerprint density at radius 3 is 2.05 bits per heavy atom. The lowest BCUT2D eigenvalue weighted by atomic mass is 9.99. The molecule has 0 unspecified atom stereocenters. The van der Waals surface area contributed by atoms with Crippen molar-refractivity contribution >= 4 is 66.1 Å². The van der Waals surface area contributed by atoms with Crippen LogP contribution >= 0.6 is 0 Å². The molecule has 0 radical (unpaired) electrons. The van der Waals surface area contributed by atoms with Crippen LogP contribution in [0.3, 0.4) is 0 Å². The van der Waals surface area contributed by atoms with Gasteiger partial charge in [0.1, 0.15) is 0 Å². The number of benzene rings is 7. The molecule has 40 heavy (non-hydrogen) atoms. The van der Waals surface area contributed by atoms with E-state index in [4.69, 9.17) is 6.57 Å². The van der Waals surface area contributed by atoms with Crippen molar-refractivity contribution in [3.8, 4) is 5.69 Å². The van der Waals surface area contributed by atoms with Crippen LogP contribution in [0, 0.1) is 6.57 Å². The van der Waals surface area contributed by atoms with Crippen LogP contribution in [0.25, 0.3) is 53.9 Å². The smallest absolute Gasteiger partial charge is 0.187 e. The molecule has 1 heterocycles. The number of hydrogen-bond donors (Lipinski definition) is 0. The van der Waals surface area contributed by atoms with Crippen LogP contribution in [0.15, 0.2) is 140 Å². The number of para-hydroxylation sites is 1. The second-order valence-corrected chi connectivity index (χ2v) is 10.1. The SMILES string of the molecule is [C-]#[N+]c1ccc(N(c2cccc3ccccc23)c2ccc3c4c2ccc2cccc(c24)n3-c2ccccc2)cc1. The summed E-state index contributed by atoms with van der Waals surface area (Å²) in [4.78, 5) is 5.97. The van der Waals surface area contributed by atoms with E-state index in [1.807, 2.05) is 12.1 Å². The lowest BCUT2D eigenvalue weighted by molar-refractivity contribution is 1.18.